The van der Waals surface area contributed by atoms with E-state index in [1.54, 1.807) is 4.90 Å². The van der Waals surface area contributed by atoms with E-state index in [9.17, 15) is 4.79 Å². The maximum absolute atomic E-state index is 11.8. The molecule has 7 heteroatoms. The summed E-state index contributed by atoms with van der Waals surface area (Å²) in [6.45, 7) is 5.93. The zero-order valence-corrected chi connectivity index (χ0v) is 12.2. The third-order valence-corrected chi connectivity index (χ3v) is 3.35. The van der Waals surface area contributed by atoms with Crippen LogP contribution in [0.1, 0.15) is 20.3 Å². The van der Waals surface area contributed by atoms with E-state index < -0.39 is 0 Å². The van der Waals surface area contributed by atoms with Crippen molar-refractivity contribution in [3.63, 3.8) is 0 Å². The van der Waals surface area contributed by atoms with Gasteiger partial charge in [0.1, 0.15) is 22.4 Å². The van der Waals surface area contributed by atoms with Crippen LogP contribution in [0.4, 0.5) is 11.6 Å². The van der Waals surface area contributed by atoms with Crippen molar-refractivity contribution < 1.29 is 4.79 Å². The van der Waals surface area contributed by atoms with Crippen LogP contribution in [-0.2, 0) is 4.79 Å². The zero-order chi connectivity index (χ0) is 13.5. The monoisotopic (exact) mass is 315 g/mol. The maximum atomic E-state index is 11.8. The summed E-state index contributed by atoms with van der Waals surface area (Å²) >= 11 is 3.30. The van der Waals surface area contributed by atoms with E-state index in [1.807, 2.05) is 13.8 Å². The van der Waals surface area contributed by atoms with Crippen LogP contribution in [0.2, 0.25) is 0 Å². The van der Waals surface area contributed by atoms with Crippen molar-refractivity contribution in [2.24, 2.45) is 0 Å². The molecule has 100 valence electrons. The van der Waals surface area contributed by atoms with Gasteiger partial charge >= 0.3 is 0 Å². The first-order valence-electron chi connectivity index (χ1n) is 5.87. The first-order valence-corrected chi connectivity index (χ1v) is 6.67. The van der Waals surface area contributed by atoms with E-state index in [1.165, 1.54) is 6.33 Å². The lowest BCUT2D eigenvalue weighted by Crippen LogP contribution is -2.31. The number of nitrogen functional groups attached to an aromatic ring is 1. The number of nitrogens with one attached hydrogen (secondary N) is 1. The molecule has 0 fully saturated rings. The van der Waals surface area contributed by atoms with Crippen LogP contribution < -0.4 is 11.1 Å². The van der Waals surface area contributed by atoms with Gasteiger partial charge in [0.2, 0.25) is 5.91 Å². The number of hydrogen-bond acceptors (Lipinski definition) is 5. The van der Waals surface area contributed by atoms with E-state index >= 15 is 0 Å². The number of halogens is 1. The number of nitrogens with two attached hydrogens (primary N) is 1. The molecule has 0 saturated carbocycles. The molecule has 0 aromatic carbocycles. The van der Waals surface area contributed by atoms with Gasteiger partial charge in [0.05, 0.1) is 0 Å². The molecule has 0 aliphatic carbocycles. The predicted octanol–water partition coefficient (Wildman–Crippen LogP) is 1.49. The third-order valence-electron chi connectivity index (χ3n) is 2.56. The normalized spacial score (nSPS) is 10.2. The Bertz CT molecular complexity index is 408. The minimum atomic E-state index is 0.130. The molecule has 1 amide bonds. The van der Waals surface area contributed by atoms with Gasteiger partial charge < -0.3 is 16.0 Å². The fourth-order valence-electron chi connectivity index (χ4n) is 1.53. The lowest BCUT2D eigenvalue weighted by Gasteiger charge is -2.18. The van der Waals surface area contributed by atoms with Crippen LogP contribution in [0, 0.1) is 0 Å². The molecule has 0 bridgehead atoms. The van der Waals surface area contributed by atoms with Gasteiger partial charge in [0, 0.05) is 26.1 Å². The lowest BCUT2D eigenvalue weighted by molar-refractivity contribution is -0.130. The quantitative estimate of drug-likeness (QED) is 0.831. The Morgan fingerprint density at radius 3 is 2.72 bits per heavy atom. The second kappa shape index (κ2) is 7.15. The molecule has 0 atom stereocenters. The van der Waals surface area contributed by atoms with E-state index in [0.29, 0.717) is 29.1 Å². The molecule has 0 radical (unpaired) electrons. The SMILES string of the molecule is CCN(CC)C(=O)CCNc1ncnc(N)c1Br. The Hall–Kier alpha value is -1.37. The van der Waals surface area contributed by atoms with Gasteiger partial charge in [-0.2, -0.15) is 0 Å². The fourth-order valence-corrected chi connectivity index (χ4v) is 1.87. The number of amides is 1. The molecule has 0 aliphatic heterocycles. The summed E-state index contributed by atoms with van der Waals surface area (Å²) in [5.74, 6) is 1.11. The van der Waals surface area contributed by atoms with Crippen LogP contribution >= 0.6 is 15.9 Å². The third kappa shape index (κ3) is 3.83. The topological polar surface area (TPSA) is 84.1 Å². The summed E-state index contributed by atoms with van der Waals surface area (Å²) in [5.41, 5.74) is 5.63. The largest absolute Gasteiger partial charge is 0.383 e. The minimum absolute atomic E-state index is 0.130. The van der Waals surface area contributed by atoms with Crippen molar-refractivity contribution in [3.05, 3.63) is 10.8 Å². The minimum Gasteiger partial charge on any atom is -0.383 e. The average Bonchev–Trinajstić information content (AvgIpc) is 2.36. The maximum Gasteiger partial charge on any atom is 0.224 e. The predicted molar refractivity (Wildman–Crippen MR) is 75.2 cm³/mol. The number of nitrogens with zero attached hydrogens (tertiary/aromatic N) is 3. The van der Waals surface area contributed by atoms with E-state index in [2.05, 4.69) is 31.2 Å². The molecule has 18 heavy (non-hydrogen) atoms. The summed E-state index contributed by atoms with van der Waals surface area (Å²) in [6.07, 6.45) is 1.81. The first-order chi connectivity index (χ1) is 8.60. The Labute approximate surface area is 115 Å². The van der Waals surface area contributed by atoms with Gasteiger partial charge in [-0.25, -0.2) is 9.97 Å². The summed E-state index contributed by atoms with van der Waals surface area (Å²) < 4.78 is 0.625. The highest BCUT2D eigenvalue weighted by Crippen LogP contribution is 2.23. The molecule has 1 rings (SSSR count). The summed E-state index contributed by atoms with van der Waals surface area (Å²) in [5, 5.41) is 3.06. The Kier molecular flexibility index (Phi) is 5.84. The van der Waals surface area contributed by atoms with Crippen molar-refractivity contribution in [2.45, 2.75) is 20.3 Å². The molecule has 0 spiro atoms. The van der Waals surface area contributed by atoms with Gasteiger partial charge in [0.25, 0.3) is 0 Å². The number of hydrogen-bond donors (Lipinski definition) is 2. The molecular formula is C11H18BrN5O. The van der Waals surface area contributed by atoms with Gasteiger partial charge in [-0.05, 0) is 29.8 Å². The van der Waals surface area contributed by atoms with Crippen LogP contribution in [0.5, 0.6) is 0 Å². The molecule has 0 saturated heterocycles. The number of aromatic nitrogens is 2. The van der Waals surface area contributed by atoms with Crippen molar-refractivity contribution in [3.8, 4) is 0 Å². The summed E-state index contributed by atoms with van der Waals surface area (Å²) in [4.78, 5) is 21.4. The van der Waals surface area contributed by atoms with E-state index in [4.69, 9.17) is 5.73 Å². The van der Waals surface area contributed by atoms with Crippen LogP contribution in [0.15, 0.2) is 10.8 Å². The van der Waals surface area contributed by atoms with Crippen molar-refractivity contribution >= 4 is 33.5 Å². The van der Waals surface area contributed by atoms with Crippen molar-refractivity contribution in [1.82, 2.24) is 14.9 Å². The smallest absolute Gasteiger partial charge is 0.224 e. The molecule has 3 N–H and O–H groups in total. The van der Waals surface area contributed by atoms with Gasteiger partial charge in [0.15, 0.2) is 0 Å². The molecule has 0 unspecified atom stereocenters. The second-order valence-electron chi connectivity index (χ2n) is 3.66. The summed E-state index contributed by atoms with van der Waals surface area (Å²) in [7, 11) is 0. The van der Waals surface area contributed by atoms with E-state index in [-0.39, 0.29) is 5.91 Å². The number of carbonyl (C=O) groups is 1. The second-order valence-corrected chi connectivity index (χ2v) is 4.46. The summed E-state index contributed by atoms with van der Waals surface area (Å²) in [6, 6.07) is 0. The number of rotatable bonds is 6. The van der Waals surface area contributed by atoms with Gasteiger partial charge in [-0.3, -0.25) is 4.79 Å². The van der Waals surface area contributed by atoms with Crippen molar-refractivity contribution in [2.75, 3.05) is 30.7 Å². The average molecular weight is 316 g/mol. The van der Waals surface area contributed by atoms with Crippen LogP contribution in [0.25, 0.3) is 0 Å². The number of carbonyl (C=O) groups excluding carboxylic acids is 1. The van der Waals surface area contributed by atoms with E-state index in [0.717, 1.165) is 13.1 Å². The molecular weight excluding hydrogens is 298 g/mol. The molecule has 6 nitrogen and oxygen atoms in total. The highest BCUT2D eigenvalue weighted by Gasteiger charge is 2.10. The van der Waals surface area contributed by atoms with Crippen molar-refractivity contribution in [1.29, 1.82) is 0 Å². The molecule has 1 aromatic rings. The van der Waals surface area contributed by atoms with Gasteiger partial charge in [-0.15, -0.1) is 0 Å². The Balaban J connectivity index is 2.47. The van der Waals surface area contributed by atoms with Crippen LogP contribution in [-0.4, -0.2) is 40.4 Å². The molecule has 1 aromatic heterocycles. The Morgan fingerprint density at radius 1 is 1.44 bits per heavy atom. The first kappa shape index (κ1) is 14.7. The molecule has 1 heterocycles. The zero-order valence-electron chi connectivity index (χ0n) is 10.6. The van der Waals surface area contributed by atoms with Gasteiger partial charge in [-0.1, -0.05) is 0 Å². The van der Waals surface area contributed by atoms with Crippen LogP contribution in [0.3, 0.4) is 0 Å². The highest BCUT2D eigenvalue weighted by molar-refractivity contribution is 9.10. The standard InChI is InChI=1S/C11H18BrN5O/c1-3-17(4-2)8(18)5-6-14-11-9(12)10(13)15-7-16-11/h7H,3-6H2,1-2H3,(H3,13,14,15,16). The molecule has 0 aliphatic rings. The lowest BCUT2D eigenvalue weighted by atomic mass is 10.3. The highest BCUT2D eigenvalue weighted by atomic mass is 79.9. The Morgan fingerprint density at radius 2 is 2.11 bits per heavy atom. The fraction of sp³-hybridized carbons (Fsp3) is 0.545. The number of anilines is 2.